The van der Waals surface area contributed by atoms with E-state index in [0.29, 0.717) is 0 Å². The minimum Gasteiger partial charge on any atom is -0.541 e. The molecule has 5 heteroatoms. The third kappa shape index (κ3) is 1.47. The van der Waals surface area contributed by atoms with E-state index in [9.17, 15) is 4.79 Å². The van der Waals surface area contributed by atoms with E-state index in [1.54, 1.807) is 6.92 Å². The third-order valence-corrected chi connectivity index (χ3v) is 1.26. The van der Waals surface area contributed by atoms with Gasteiger partial charge in [0.25, 0.3) is 0 Å². The van der Waals surface area contributed by atoms with Crippen LogP contribution in [0.1, 0.15) is 13.8 Å². The summed E-state index contributed by atoms with van der Waals surface area (Å²) in [6, 6.07) is 0. The van der Waals surface area contributed by atoms with Crippen molar-refractivity contribution in [1.82, 2.24) is 0 Å². The second kappa shape index (κ2) is 2.86. The van der Waals surface area contributed by atoms with Crippen LogP contribution < -0.4 is 0 Å². The molecule has 0 saturated heterocycles. The first-order chi connectivity index (χ1) is 5.15. The van der Waals surface area contributed by atoms with Gasteiger partial charge < -0.3 is 14.1 Å². The molecule has 0 spiro atoms. The molecule has 0 unspecified atom stereocenters. The van der Waals surface area contributed by atoms with E-state index < -0.39 is 12.1 Å². The monoisotopic (exact) mass is 154 g/mol. The standard InChI is InChI=1S/C6H7BO4/c1-3-5(8)9-4(2)6(10-3)11-7/h3H,1-2H3/t3-/m0/s1. The van der Waals surface area contributed by atoms with Gasteiger partial charge in [0.05, 0.1) is 0 Å². The summed E-state index contributed by atoms with van der Waals surface area (Å²) in [4.78, 5) is 10.8. The van der Waals surface area contributed by atoms with Crippen LogP contribution in [0.2, 0.25) is 0 Å². The summed E-state index contributed by atoms with van der Waals surface area (Å²) in [5, 5.41) is 0. The molecule has 0 amide bonds. The molecule has 1 heterocycles. The van der Waals surface area contributed by atoms with Crippen LogP contribution in [0.3, 0.4) is 0 Å². The van der Waals surface area contributed by atoms with Crippen molar-refractivity contribution in [3.05, 3.63) is 11.7 Å². The minimum atomic E-state index is -0.655. The molecule has 1 atom stereocenters. The molecule has 0 aliphatic carbocycles. The number of rotatable bonds is 1. The van der Waals surface area contributed by atoms with Gasteiger partial charge >= 0.3 is 20.0 Å². The fraction of sp³-hybridized carbons (Fsp3) is 0.500. The summed E-state index contributed by atoms with van der Waals surface area (Å²) in [5.41, 5.74) is 0. The Balaban J connectivity index is 2.79. The zero-order valence-corrected chi connectivity index (χ0v) is 6.29. The molecule has 11 heavy (non-hydrogen) atoms. The molecule has 0 N–H and O–H groups in total. The van der Waals surface area contributed by atoms with E-state index in [2.05, 4.69) is 4.65 Å². The SMILES string of the molecule is [B]OC1=C(C)OC(=O)[C@H](C)O1. The molecule has 58 valence electrons. The van der Waals surface area contributed by atoms with Crippen LogP contribution in [0.5, 0.6) is 0 Å². The molecule has 0 aromatic heterocycles. The number of carbonyl (C=O) groups is 1. The average molecular weight is 154 g/mol. The van der Waals surface area contributed by atoms with Crippen molar-refractivity contribution in [2.45, 2.75) is 20.0 Å². The first-order valence-electron chi connectivity index (χ1n) is 3.11. The van der Waals surface area contributed by atoms with E-state index in [0.717, 1.165) is 0 Å². The van der Waals surface area contributed by atoms with Crippen LogP contribution in [0, 0.1) is 0 Å². The summed E-state index contributed by atoms with van der Waals surface area (Å²) in [5.74, 6) is -0.143. The lowest BCUT2D eigenvalue weighted by Gasteiger charge is -2.21. The molecule has 0 fully saturated rings. The van der Waals surface area contributed by atoms with Crippen molar-refractivity contribution in [3.8, 4) is 0 Å². The summed E-state index contributed by atoms with van der Waals surface area (Å²) in [6.45, 7) is 3.08. The Kier molecular flexibility index (Phi) is 2.07. The lowest BCUT2D eigenvalue weighted by Crippen LogP contribution is -2.28. The molecule has 1 aliphatic rings. The molecule has 0 aromatic carbocycles. The lowest BCUT2D eigenvalue weighted by molar-refractivity contribution is -0.158. The van der Waals surface area contributed by atoms with Gasteiger partial charge in [0.2, 0.25) is 0 Å². The predicted molar refractivity (Wildman–Crippen MR) is 36.2 cm³/mol. The molecule has 0 saturated carbocycles. The third-order valence-electron chi connectivity index (χ3n) is 1.26. The second-order valence-electron chi connectivity index (χ2n) is 2.14. The Hall–Kier alpha value is -1.13. The maximum atomic E-state index is 10.8. The van der Waals surface area contributed by atoms with E-state index in [1.807, 2.05) is 0 Å². The van der Waals surface area contributed by atoms with Gasteiger partial charge in [0.1, 0.15) is 0 Å². The van der Waals surface area contributed by atoms with Gasteiger partial charge in [-0.3, -0.25) is 0 Å². The van der Waals surface area contributed by atoms with Crippen LogP contribution in [-0.2, 0) is 18.9 Å². The molecular weight excluding hydrogens is 147 g/mol. The quantitative estimate of drug-likeness (QED) is 0.400. The van der Waals surface area contributed by atoms with Gasteiger partial charge in [-0.25, -0.2) is 4.79 Å². The molecule has 1 aliphatic heterocycles. The summed E-state index contributed by atoms with van der Waals surface area (Å²) in [7, 11) is 4.83. The van der Waals surface area contributed by atoms with Crippen molar-refractivity contribution >= 4 is 14.0 Å². The number of hydrogen-bond acceptors (Lipinski definition) is 4. The van der Waals surface area contributed by atoms with Gasteiger partial charge in [-0.15, -0.1) is 0 Å². The van der Waals surface area contributed by atoms with E-state index >= 15 is 0 Å². The Bertz CT molecular complexity index is 211. The van der Waals surface area contributed by atoms with Crippen LogP contribution in [-0.4, -0.2) is 20.1 Å². The highest BCUT2D eigenvalue weighted by atomic mass is 16.7. The highest BCUT2D eigenvalue weighted by molar-refractivity contribution is 5.98. The number of ether oxygens (including phenoxy) is 2. The number of esters is 1. The van der Waals surface area contributed by atoms with Crippen molar-refractivity contribution < 1.29 is 18.9 Å². The first kappa shape index (κ1) is 7.98. The summed E-state index contributed by atoms with van der Waals surface area (Å²) in [6.07, 6.45) is -0.655. The molecule has 4 nitrogen and oxygen atoms in total. The molecular formula is C6H7BO4. The fourth-order valence-corrected chi connectivity index (χ4v) is 0.678. The smallest absolute Gasteiger partial charge is 0.378 e. The van der Waals surface area contributed by atoms with E-state index in [4.69, 9.17) is 17.5 Å². The molecule has 0 bridgehead atoms. The highest BCUT2D eigenvalue weighted by Gasteiger charge is 2.26. The van der Waals surface area contributed by atoms with Gasteiger partial charge in [0.15, 0.2) is 11.9 Å². The Labute approximate surface area is 65.6 Å². The van der Waals surface area contributed by atoms with Crippen molar-refractivity contribution in [3.63, 3.8) is 0 Å². The normalized spacial score (nSPS) is 24.2. The van der Waals surface area contributed by atoms with Gasteiger partial charge in [0, 0.05) is 6.92 Å². The highest BCUT2D eigenvalue weighted by Crippen LogP contribution is 2.17. The van der Waals surface area contributed by atoms with Gasteiger partial charge in [-0.2, -0.15) is 0 Å². The Morgan fingerprint density at radius 2 is 2.27 bits per heavy atom. The van der Waals surface area contributed by atoms with Crippen molar-refractivity contribution in [2.24, 2.45) is 0 Å². The zero-order valence-electron chi connectivity index (χ0n) is 6.29. The second-order valence-corrected chi connectivity index (χ2v) is 2.14. The number of cyclic esters (lactones) is 1. The lowest BCUT2D eigenvalue weighted by atomic mass is 10.4. The fourth-order valence-electron chi connectivity index (χ4n) is 0.678. The first-order valence-corrected chi connectivity index (χ1v) is 3.11. The van der Waals surface area contributed by atoms with Gasteiger partial charge in [-0.1, -0.05) is 0 Å². The average Bonchev–Trinajstić information content (AvgIpc) is 1.97. The molecule has 0 aromatic rings. The maximum absolute atomic E-state index is 10.8. The van der Waals surface area contributed by atoms with E-state index in [1.165, 1.54) is 6.92 Å². The van der Waals surface area contributed by atoms with Gasteiger partial charge in [-0.05, 0) is 6.92 Å². The van der Waals surface area contributed by atoms with Crippen LogP contribution in [0.4, 0.5) is 0 Å². The molecule has 2 radical (unpaired) electrons. The Morgan fingerprint density at radius 3 is 2.82 bits per heavy atom. The summed E-state index contributed by atoms with van der Waals surface area (Å²) >= 11 is 0. The van der Waals surface area contributed by atoms with Crippen molar-refractivity contribution in [2.75, 3.05) is 0 Å². The summed E-state index contributed by atoms with van der Waals surface area (Å²) < 4.78 is 13.9. The number of hydrogen-bond donors (Lipinski definition) is 0. The largest absolute Gasteiger partial charge is 0.541 e. The Morgan fingerprint density at radius 1 is 1.64 bits per heavy atom. The predicted octanol–water partition coefficient (Wildman–Crippen LogP) is 0.237. The maximum Gasteiger partial charge on any atom is 0.378 e. The van der Waals surface area contributed by atoms with Crippen LogP contribution in [0.15, 0.2) is 11.7 Å². The number of carbonyl (C=O) groups excluding carboxylic acids is 1. The topological polar surface area (TPSA) is 44.8 Å². The van der Waals surface area contributed by atoms with Crippen LogP contribution in [0.25, 0.3) is 0 Å². The van der Waals surface area contributed by atoms with Crippen LogP contribution >= 0.6 is 0 Å². The number of allylic oxidation sites excluding steroid dienone is 1. The van der Waals surface area contributed by atoms with Crippen molar-refractivity contribution in [1.29, 1.82) is 0 Å². The minimum absolute atomic E-state index is 0.0529. The van der Waals surface area contributed by atoms with E-state index in [-0.39, 0.29) is 11.7 Å². The zero-order chi connectivity index (χ0) is 8.43. The molecule has 1 rings (SSSR count).